The number of rotatable bonds is 12. The lowest BCUT2D eigenvalue weighted by Crippen LogP contribution is -2.09. The monoisotopic (exact) mass is 880 g/mol. The molecule has 0 atom stereocenters. The maximum Gasteiger partial charge on any atom is 0.0462 e. The van der Waals surface area contributed by atoms with Crippen molar-refractivity contribution in [3.63, 3.8) is 0 Å². The van der Waals surface area contributed by atoms with Gasteiger partial charge in [0.2, 0.25) is 0 Å². The Bertz CT molecular complexity index is 3060. The molecular formula is C62H44N2S2. The van der Waals surface area contributed by atoms with Crippen LogP contribution in [0.1, 0.15) is 0 Å². The lowest BCUT2D eigenvalue weighted by atomic mass is 9.99. The second-order valence-electron chi connectivity index (χ2n) is 16.2. The smallest absolute Gasteiger partial charge is 0.0462 e. The molecule has 11 rings (SSSR count). The van der Waals surface area contributed by atoms with E-state index in [1.807, 2.05) is 22.7 Å². The van der Waals surface area contributed by atoms with E-state index in [4.69, 9.17) is 0 Å². The van der Waals surface area contributed by atoms with Crippen LogP contribution in [-0.2, 0) is 0 Å². The van der Waals surface area contributed by atoms with Crippen LogP contribution in [0.3, 0.4) is 0 Å². The summed E-state index contributed by atoms with van der Waals surface area (Å²) in [4.78, 5) is 9.73. The molecule has 0 N–H and O–H groups in total. The minimum Gasteiger partial charge on any atom is -0.311 e. The van der Waals surface area contributed by atoms with E-state index in [9.17, 15) is 0 Å². The van der Waals surface area contributed by atoms with Crippen LogP contribution in [0.25, 0.3) is 64.0 Å². The summed E-state index contributed by atoms with van der Waals surface area (Å²) < 4.78 is 0. The normalized spacial score (nSPS) is 11.0. The van der Waals surface area contributed by atoms with Gasteiger partial charge in [-0.15, -0.1) is 22.7 Å². The Kier molecular flexibility index (Phi) is 11.5. The van der Waals surface area contributed by atoms with Crippen molar-refractivity contribution in [3.05, 3.63) is 267 Å². The van der Waals surface area contributed by atoms with Gasteiger partial charge in [0.25, 0.3) is 0 Å². The van der Waals surface area contributed by atoms with Gasteiger partial charge in [0.1, 0.15) is 0 Å². The molecule has 66 heavy (non-hydrogen) atoms. The van der Waals surface area contributed by atoms with Crippen LogP contribution in [0.5, 0.6) is 0 Å². The molecule has 0 aliphatic carbocycles. The highest BCUT2D eigenvalue weighted by Gasteiger charge is 2.16. The molecule has 314 valence electrons. The molecule has 2 nitrogen and oxygen atoms in total. The Hall–Kier alpha value is -8.02. The zero-order valence-corrected chi connectivity index (χ0v) is 37.7. The van der Waals surface area contributed by atoms with Crippen LogP contribution in [0.2, 0.25) is 0 Å². The second-order valence-corrected chi connectivity index (χ2v) is 18.3. The third-order valence-electron chi connectivity index (χ3n) is 12.0. The fourth-order valence-electron chi connectivity index (χ4n) is 8.56. The molecule has 0 bridgehead atoms. The van der Waals surface area contributed by atoms with Crippen molar-refractivity contribution in [2.24, 2.45) is 0 Å². The largest absolute Gasteiger partial charge is 0.311 e. The zero-order valence-electron chi connectivity index (χ0n) is 36.1. The first kappa shape index (κ1) is 40.7. The minimum absolute atomic E-state index is 1.11. The number of hydrogen-bond donors (Lipinski definition) is 0. The lowest BCUT2D eigenvalue weighted by molar-refractivity contribution is 1.28. The van der Waals surface area contributed by atoms with Crippen molar-refractivity contribution < 1.29 is 0 Å². The van der Waals surface area contributed by atoms with E-state index in [0.29, 0.717) is 0 Å². The number of thiophene rings is 2. The fraction of sp³-hybridized carbons (Fsp3) is 0. The summed E-state index contributed by atoms with van der Waals surface area (Å²) in [5, 5.41) is 0. The summed E-state index contributed by atoms with van der Waals surface area (Å²) in [6.45, 7) is 0. The highest BCUT2D eigenvalue weighted by Crippen LogP contribution is 2.41. The van der Waals surface area contributed by atoms with E-state index in [-0.39, 0.29) is 0 Å². The topological polar surface area (TPSA) is 6.48 Å². The van der Waals surface area contributed by atoms with Gasteiger partial charge in [-0.1, -0.05) is 170 Å². The molecule has 0 unspecified atom stereocenters. The Morgan fingerprint density at radius 2 is 0.364 bits per heavy atom. The first-order valence-electron chi connectivity index (χ1n) is 22.2. The van der Waals surface area contributed by atoms with Crippen molar-refractivity contribution in [3.8, 4) is 64.0 Å². The quantitative estimate of drug-likeness (QED) is 0.121. The van der Waals surface area contributed by atoms with E-state index in [2.05, 4.69) is 277 Å². The van der Waals surface area contributed by atoms with Gasteiger partial charge < -0.3 is 9.80 Å². The van der Waals surface area contributed by atoms with Gasteiger partial charge in [-0.25, -0.2) is 0 Å². The zero-order chi connectivity index (χ0) is 44.1. The van der Waals surface area contributed by atoms with Crippen LogP contribution >= 0.6 is 22.7 Å². The summed E-state index contributed by atoms with van der Waals surface area (Å²) in [5.41, 5.74) is 16.3. The van der Waals surface area contributed by atoms with Gasteiger partial charge in [0.15, 0.2) is 0 Å². The van der Waals surface area contributed by atoms with E-state index in [1.54, 1.807) is 0 Å². The first-order chi connectivity index (χ1) is 32.7. The van der Waals surface area contributed by atoms with Crippen molar-refractivity contribution in [1.82, 2.24) is 0 Å². The highest BCUT2D eigenvalue weighted by molar-refractivity contribution is 7.19. The second kappa shape index (κ2) is 18.6. The SMILES string of the molecule is c1ccc(-c2ccc(-c3ccc(N(c4ccccc4)c4ccc(-c5ccc(-c6ccc(N(c7ccccc7)c7ccc(-c8ccc(-c9ccccc9)s8)cc7)cc6)cc5)cc4)cc3)s2)cc1. The maximum absolute atomic E-state index is 2.32. The van der Waals surface area contributed by atoms with Gasteiger partial charge in [-0.3, -0.25) is 0 Å². The third kappa shape index (κ3) is 8.64. The van der Waals surface area contributed by atoms with Crippen molar-refractivity contribution in [2.45, 2.75) is 0 Å². The van der Waals surface area contributed by atoms with E-state index in [0.717, 1.165) is 34.1 Å². The summed E-state index contributed by atoms with van der Waals surface area (Å²) in [6.07, 6.45) is 0. The van der Waals surface area contributed by atoms with Gasteiger partial charge in [0.05, 0.1) is 0 Å². The molecule has 2 aromatic heterocycles. The molecule has 0 aliphatic heterocycles. The molecule has 0 saturated carbocycles. The molecule has 0 radical (unpaired) electrons. The summed E-state index contributed by atoms with van der Waals surface area (Å²) >= 11 is 3.66. The molecule has 0 saturated heterocycles. The standard InChI is InChI=1S/C62H44N2S2/c1-5-13-49(14-6-1)59-41-43-61(65-59)51-29-37-57(38-30-51)63(53-17-9-3-10-18-53)55-33-25-47(26-34-55)45-21-23-46(24-22-45)48-27-35-56(36-28-48)64(54-19-11-4-12-20-54)58-39-31-52(32-40-58)62-44-42-60(66-62)50-15-7-2-8-16-50/h1-44H. The van der Waals surface area contributed by atoms with Gasteiger partial charge in [-0.2, -0.15) is 0 Å². The third-order valence-corrected chi connectivity index (χ3v) is 14.3. The molecule has 2 heterocycles. The van der Waals surface area contributed by atoms with Crippen LogP contribution in [0, 0.1) is 0 Å². The van der Waals surface area contributed by atoms with Crippen LogP contribution in [0.15, 0.2) is 267 Å². The molecule has 0 fully saturated rings. The number of para-hydroxylation sites is 2. The van der Waals surface area contributed by atoms with Gasteiger partial charge in [0, 0.05) is 53.6 Å². The van der Waals surface area contributed by atoms with E-state index in [1.165, 1.54) is 64.0 Å². The van der Waals surface area contributed by atoms with Crippen molar-refractivity contribution in [1.29, 1.82) is 0 Å². The number of hydrogen-bond acceptors (Lipinski definition) is 4. The van der Waals surface area contributed by atoms with Crippen LogP contribution in [0.4, 0.5) is 34.1 Å². The molecule has 9 aromatic carbocycles. The Balaban J connectivity index is 0.806. The first-order valence-corrected chi connectivity index (χ1v) is 23.9. The molecule has 0 spiro atoms. The van der Waals surface area contributed by atoms with Crippen molar-refractivity contribution >= 4 is 56.8 Å². The molecule has 11 aromatic rings. The number of nitrogens with zero attached hydrogens (tertiary/aromatic N) is 2. The van der Waals surface area contributed by atoms with Crippen LogP contribution in [-0.4, -0.2) is 0 Å². The summed E-state index contributed by atoms with van der Waals surface area (Å²) in [7, 11) is 0. The van der Waals surface area contributed by atoms with Crippen molar-refractivity contribution in [2.75, 3.05) is 9.80 Å². The van der Waals surface area contributed by atoms with E-state index >= 15 is 0 Å². The molecular weight excluding hydrogens is 837 g/mol. The number of benzene rings is 9. The highest BCUT2D eigenvalue weighted by atomic mass is 32.1. The summed E-state index contributed by atoms with van der Waals surface area (Å²) in [5.74, 6) is 0. The Labute approximate surface area is 395 Å². The predicted molar refractivity (Wildman–Crippen MR) is 284 cm³/mol. The number of anilines is 6. The fourth-order valence-corrected chi connectivity index (χ4v) is 10.6. The molecule has 0 amide bonds. The van der Waals surface area contributed by atoms with Crippen LogP contribution < -0.4 is 9.80 Å². The predicted octanol–water partition coefficient (Wildman–Crippen LogP) is 18.8. The molecule has 0 aliphatic rings. The average molecular weight is 881 g/mol. The maximum atomic E-state index is 2.32. The van der Waals surface area contributed by atoms with Gasteiger partial charge >= 0.3 is 0 Å². The van der Waals surface area contributed by atoms with E-state index < -0.39 is 0 Å². The lowest BCUT2D eigenvalue weighted by Gasteiger charge is -2.26. The van der Waals surface area contributed by atoms with Gasteiger partial charge in [-0.05, 0) is 142 Å². The minimum atomic E-state index is 1.11. The molecule has 4 heteroatoms. The average Bonchev–Trinajstić information content (AvgIpc) is 4.11. The Morgan fingerprint density at radius 3 is 0.636 bits per heavy atom. The summed E-state index contributed by atoms with van der Waals surface area (Å²) in [6, 6.07) is 95.9. The Morgan fingerprint density at radius 1 is 0.167 bits per heavy atom.